The molecule has 6 nitrogen and oxygen atoms in total. The molecule has 0 bridgehead atoms. The molecule has 0 heterocycles. The zero-order valence-electron chi connectivity index (χ0n) is 13.8. The molecule has 0 aliphatic rings. The molecule has 0 fully saturated rings. The number of hydrogen-bond acceptors (Lipinski definition) is 4. The van der Waals surface area contributed by atoms with Crippen LogP contribution in [0.25, 0.3) is 0 Å². The van der Waals surface area contributed by atoms with Crippen LogP contribution < -0.4 is 21.1 Å². The van der Waals surface area contributed by atoms with Crippen molar-refractivity contribution in [2.45, 2.75) is 12.7 Å². The van der Waals surface area contributed by atoms with Crippen LogP contribution in [0.15, 0.2) is 54.6 Å². The number of benzene rings is 2. The Morgan fingerprint density at radius 1 is 0.962 bits per heavy atom. The second kappa shape index (κ2) is 9.47. The molecule has 0 radical (unpaired) electrons. The van der Waals surface area contributed by atoms with E-state index in [1.54, 1.807) is 12.1 Å². The van der Waals surface area contributed by atoms with Gasteiger partial charge in [0.15, 0.2) is 0 Å². The standard InChI is InChI=1S/C18H19F2N3O3/c19-18(20)26-14-8-6-13(7-9-14)17(12-4-2-1-3-5-12)23-11-16(25)22-10-15(21)24/h1-9,17-18,23H,10-11H2,(H2,21,24)(H,22,25)/t17-/m1/s1. The van der Waals surface area contributed by atoms with Gasteiger partial charge in [-0.05, 0) is 23.3 Å². The summed E-state index contributed by atoms with van der Waals surface area (Å²) in [5, 5.41) is 5.47. The van der Waals surface area contributed by atoms with Crippen LogP contribution in [-0.4, -0.2) is 31.5 Å². The summed E-state index contributed by atoms with van der Waals surface area (Å²) in [6, 6.07) is 15.1. The first-order valence-corrected chi connectivity index (χ1v) is 7.84. The molecule has 138 valence electrons. The minimum absolute atomic E-state index is 0.0507. The van der Waals surface area contributed by atoms with Gasteiger partial charge < -0.3 is 15.8 Å². The maximum Gasteiger partial charge on any atom is 0.387 e. The van der Waals surface area contributed by atoms with Gasteiger partial charge >= 0.3 is 6.61 Å². The highest BCUT2D eigenvalue weighted by atomic mass is 19.3. The molecule has 1 atom stereocenters. The monoisotopic (exact) mass is 363 g/mol. The van der Waals surface area contributed by atoms with Gasteiger partial charge in [0.25, 0.3) is 0 Å². The minimum atomic E-state index is -2.89. The number of alkyl halides is 2. The van der Waals surface area contributed by atoms with Crippen molar-refractivity contribution < 1.29 is 23.1 Å². The van der Waals surface area contributed by atoms with Gasteiger partial charge in [-0.2, -0.15) is 8.78 Å². The van der Waals surface area contributed by atoms with E-state index >= 15 is 0 Å². The van der Waals surface area contributed by atoms with Gasteiger partial charge in [0.1, 0.15) is 5.75 Å². The molecule has 0 saturated carbocycles. The van der Waals surface area contributed by atoms with Crippen molar-refractivity contribution in [3.63, 3.8) is 0 Å². The Morgan fingerprint density at radius 3 is 2.15 bits per heavy atom. The Balaban J connectivity index is 2.11. The van der Waals surface area contributed by atoms with Crippen LogP contribution in [0, 0.1) is 0 Å². The summed E-state index contributed by atoms with van der Waals surface area (Å²) in [5.41, 5.74) is 6.64. The summed E-state index contributed by atoms with van der Waals surface area (Å²) in [5.74, 6) is -0.968. The van der Waals surface area contributed by atoms with E-state index in [9.17, 15) is 18.4 Å². The number of carbonyl (C=O) groups excluding carboxylic acids is 2. The Hall–Kier alpha value is -3.00. The normalized spacial score (nSPS) is 11.8. The van der Waals surface area contributed by atoms with E-state index in [2.05, 4.69) is 15.4 Å². The van der Waals surface area contributed by atoms with Crippen LogP contribution in [0.1, 0.15) is 17.2 Å². The molecule has 0 unspecified atom stereocenters. The van der Waals surface area contributed by atoms with E-state index in [-0.39, 0.29) is 30.8 Å². The SMILES string of the molecule is NC(=O)CNC(=O)CN[C@H](c1ccccc1)c1ccc(OC(F)F)cc1. The molecule has 0 aromatic heterocycles. The number of hydrogen-bond donors (Lipinski definition) is 3. The van der Waals surface area contributed by atoms with E-state index in [0.29, 0.717) is 0 Å². The number of carbonyl (C=O) groups is 2. The average Bonchev–Trinajstić information content (AvgIpc) is 2.62. The second-order valence-corrected chi connectivity index (χ2v) is 5.42. The lowest BCUT2D eigenvalue weighted by atomic mass is 9.98. The Kier molecular flexibility index (Phi) is 7.04. The quantitative estimate of drug-likeness (QED) is 0.630. The van der Waals surface area contributed by atoms with Crippen LogP contribution >= 0.6 is 0 Å². The van der Waals surface area contributed by atoms with Crippen molar-refractivity contribution in [2.75, 3.05) is 13.1 Å². The van der Waals surface area contributed by atoms with Crippen molar-refractivity contribution in [1.29, 1.82) is 0 Å². The first-order valence-electron chi connectivity index (χ1n) is 7.84. The Labute approximate surface area is 149 Å². The summed E-state index contributed by atoms with van der Waals surface area (Å²) in [4.78, 5) is 22.5. The number of ether oxygens (including phenoxy) is 1. The molecule has 2 amide bonds. The first-order chi connectivity index (χ1) is 12.5. The van der Waals surface area contributed by atoms with Gasteiger partial charge in [-0.1, -0.05) is 42.5 Å². The topological polar surface area (TPSA) is 93.5 Å². The molecular formula is C18H19F2N3O3. The largest absolute Gasteiger partial charge is 0.435 e. The van der Waals surface area contributed by atoms with E-state index in [1.807, 2.05) is 30.3 Å². The van der Waals surface area contributed by atoms with Gasteiger partial charge in [-0.15, -0.1) is 0 Å². The fourth-order valence-electron chi connectivity index (χ4n) is 2.36. The molecule has 2 aromatic rings. The number of nitrogens with two attached hydrogens (primary N) is 1. The van der Waals surface area contributed by atoms with Crippen molar-refractivity contribution >= 4 is 11.8 Å². The van der Waals surface area contributed by atoms with Crippen molar-refractivity contribution in [3.8, 4) is 5.75 Å². The van der Waals surface area contributed by atoms with Crippen LogP contribution in [0.4, 0.5) is 8.78 Å². The van der Waals surface area contributed by atoms with E-state index < -0.39 is 12.5 Å². The van der Waals surface area contributed by atoms with Gasteiger partial charge in [-0.25, -0.2) is 0 Å². The van der Waals surface area contributed by atoms with Crippen LogP contribution in [-0.2, 0) is 9.59 Å². The summed E-state index contributed by atoms with van der Waals surface area (Å²) in [6.45, 7) is -3.18. The smallest absolute Gasteiger partial charge is 0.387 e. The molecule has 0 saturated heterocycles. The number of amides is 2. The highest BCUT2D eigenvalue weighted by Gasteiger charge is 2.16. The molecule has 4 N–H and O–H groups in total. The molecule has 0 spiro atoms. The molecule has 26 heavy (non-hydrogen) atoms. The minimum Gasteiger partial charge on any atom is -0.435 e. The fraction of sp³-hybridized carbons (Fsp3) is 0.222. The number of halogens is 2. The lowest BCUT2D eigenvalue weighted by Crippen LogP contribution is -2.40. The van der Waals surface area contributed by atoms with Crippen molar-refractivity contribution in [1.82, 2.24) is 10.6 Å². The average molecular weight is 363 g/mol. The van der Waals surface area contributed by atoms with E-state index in [1.165, 1.54) is 12.1 Å². The fourth-order valence-corrected chi connectivity index (χ4v) is 2.36. The van der Waals surface area contributed by atoms with Gasteiger partial charge in [0.05, 0.1) is 19.1 Å². The predicted molar refractivity (Wildman–Crippen MR) is 91.6 cm³/mol. The number of nitrogens with one attached hydrogen (secondary N) is 2. The van der Waals surface area contributed by atoms with Gasteiger partial charge in [-0.3, -0.25) is 14.9 Å². The lowest BCUT2D eigenvalue weighted by Gasteiger charge is -2.20. The molecule has 2 aromatic carbocycles. The summed E-state index contributed by atoms with van der Waals surface area (Å²) in [6.07, 6.45) is 0. The van der Waals surface area contributed by atoms with E-state index in [0.717, 1.165) is 11.1 Å². The lowest BCUT2D eigenvalue weighted by molar-refractivity contribution is -0.124. The Morgan fingerprint density at radius 2 is 1.58 bits per heavy atom. The summed E-state index contributed by atoms with van der Waals surface area (Å²) >= 11 is 0. The van der Waals surface area contributed by atoms with Gasteiger partial charge in [0.2, 0.25) is 11.8 Å². The van der Waals surface area contributed by atoms with Crippen LogP contribution in [0.2, 0.25) is 0 Å². The molecular weight excluding hydrogens is 344 g/mol. The molecule has 0 aliphatic heterocycles. The van der Waals surface area contributed by atoms with Gasteiger partial charge in [0, 0.05) is 0 Å². The third-order valence-electron chi connectivity index (χ3n) is 3.50. The third kappa shape index (κ3) is 6.14. The van der Waals surface area contributed by atoms with Crippen LogP contribution in [0.3, 0.4) is 0 Å². The third-order valence-corrected chi connectivity index (χ3v) is 3.50. The van der Waals surface area contributed by atoms with Crippen molar-refractivity contribution in [2.24, 2.45) is 5.73 Å². The maximum absolute atomic E-state index is 12.3. The van der Waals surface area contributed by atoms with E-state index in [4.69, 9.17) is 5.73 Å². The molecule has 8 heteroatoms. The summed E-state index contributed by atoms with van der Waals surface area (Å²) in [7, 11) is 0. The number of rotatable bonds is 9. The zero-order valence-corrected chi connectivity index (χ0v) is 13.8. The highest BCUT2D eigenvalue weighted by molar-refractivity contribution is 5.84. The van der Waals surface area contributed by atoms with Crippen LogP contribution in [0.5, 0.6) is 5.75 Å². The zero-order chi connectivity index (χ0) is 18.9. The first kappa shape index (κ1) is 19.3. The number of primary amides is 1. The maximum atomic E-state index is 12.3. The predicted octanol–water partition coefficient (Wildman–Crippen LogP) is 1.57. The highest BCUT2D eigenvalue weighted by Crippen LogP contribution is 2.24. The molecule has 2 rings (SSSR count). The Bertz CT molecular complexity index is 724. The molecule has 0 aliphatic carbocycles. The van der Waals surface area contributed by atoms with Crippen molar-refractivity contribution in [3.05, 3.63) is 65.7 Å². The second-order valence-electron chi connectivity index (χ2n) is 5.42. The summed E-state index contributed by atoms with van der Waals surface area (Å²) < 4.78 is 28.9.